The first kappa shape index (κ1) is 20.9. The zero-order valence-electron chi connectivity index (χ0n) is 16.2. The molecule has 2 aromatic rings. The van der Waals surface area contributed by atoms with E-state index in [2.05, 4.69) is 0 Å². The molecule has 0 spiro atoms. The summed E-state index contributed by atoms with van der Waals surface area (Å²) < 4.78 is 21.2. The molecule has 1 aliphatic rings. The van der Waals surface area contributed by atoms with Crippen molar-refractivity contribution in [3.05, 3.63) is 52.6 Å². The van der Waals surface area contributed by atoms with Crippen molar-refractivity contribution in [3.8, 4) is 17.2 Å². The van der Waals surface area contributed by atoms with Gasteiger partial charge < -0.3 is 18.9 Å². The lowest BCUT2D eigenvalue weighted by Gasteiger charge is -2.28. The van der Waals surface area contributed by atoms with Crippen molar-refractivity contribution in [2.75, 3.05) is 37.9 Å². The first-order valence-electron chi connectivity index (χ1n) is 9.21. The van der Waals surface area contributed by atoms with Gasteiger partial charge in [0, 0.05) is 12.1 Å². The molecule has 30 heavy (non-hydrogen) atoms. The lowest BCUT2D eigenvalue weighted by molar-refractivity contribution is -0.384. The van der Waals surface area contributed by atoms with Crippen molar-refractivity contribution in [3.63, 3.8) is 0 Å². The van der Waals surface area contributed by atoms with Crippen LogP contribution in [0, 0.1) is 10.1 Å². The molecule has 0 unspecified atom stereocenters. The monoisotopic (exact) mass is 416 g/mol. The Kier molecular flexibility index (Phi) is 6.68. The average Bonchev–Trinajstić information content (AvgIpc) is 2.74. The van der Waals surface area contributed by atoms with Gasteiger partial charge in [-0.2, -0.15) is 0 Å². The summed E-state index contributed by atoms with van der Waals surface area (Å²) in [6, 6.07) is 10.9. The minimum atomic E-state index is -0.669. The van der Waals surface area contributed by atoms with Gasteiger partial charge in [-0.05, 0) is 37.3 Å². The number of non-ortho nitro benzene ring substituents is 1. The van der Waals surface area contributed by atoms with Crippen LogP contribution in [0.4, 0.5) is 11.4 Å². The molecule has 0 fully saturated rings. The Balaban J connectivity index is 1.52. The number of carbonyl (C=O) groups excluding carboxylic acids is 2. The second-order valence-corrected chi connectivity index (χ2v) is 6.15. The third kappa shape index (κ3) is 5.16. The summed E-state index contributed by atoms with van der Waals surface area (Å²) in [7, 11) is 0. The summed E-state index contributed by atoms with van der Waals surface area (Å²) in [5.41, 5.74) is -0.0581. The van der Waals surface area contributed by atoms with Gasteiger partial charge in [0.15, 0.2) is 6.61 Å². The van der Waals surface area contributed by atoms with Crippen LogP contribution in [0.15, 0.2) is 42.5 Å². The number of hydrogen-bond acceptors (Lipinski definition) is 8. The average molecular weight is 416 g/mol. The number of benzene rings is 2. The molecule has 10 heteroatoms. The van der Waals surface area contributed by atoms with Gasteiger partial charge in [0.2, 0.25) is 0 Å². The minimum Gasteiger partial charge on any atom is -0.494 e. The number of rotatable bonds is 9. The largest absolute Gasteiger partial charge is 0.494 e. The van der Waals surface area contributed by atoms with Crippen molar-refractivity contribution in [2.45, 2.75) is 6.92 Å². The molecule has 158 valence electrons. The van der Waals surface area contributed by atoms with Gasteiger partial charge in [0.05, 0.1) is 17.2 Å². The van der Waals surface area contributed by atoms with Crippen molar-refractivity contribution in [2.24, 2.45) is 0 Å². The summed E-state index contributed by atoms with van der Waals surface area (Å²) in [5, 5.41) is 11.0. The maximum absolute atomic E-state index is 12.2. The second kappa shape index (κ2) is 9.59. The number of anilines is 1. The van der Waals surface area contributed by atoms with Crippen LogP contribution in [0.2, 0.25) is 0 Å². The number of ether oxygens (including phenoxy) is 4. The fraction of sp³-hybridized carbons (Fsp3) is 0.300. The third-order valence-electron chi connectivity index (χ3n) is 4.13. The van der Waals surface area contributed by atoms with Crippen LogP contribution in [0.3, 0.4) is 0 Å². The van der Waals surface area contributed by atoms with Crippen molar-refractivity contribution in [1.82, 2.24) is 0 Å². The van der Waals surface area contributed by atoms with Gasteiger partial charge in [-0.25, -0.2) is 0 Å². The Morgan fingerprint density at radius 3 is 2.50 bits per heavy atom. The lowest BCUT2D eigenvalue weighted by Crippen LogP contribution is -2.42. The van der Waals surface area contributed by atoms with E-state index in [1.54, 1.807) is 24.3 Å². The van der Waals surface area contributed by atoms with E-state index in [9.17, 15) is 19.7 Å². The molecule has 1 heterocycles. The normalized spacial score (nSPS) is 12.6. The number of amides is 1. The third-order valence-corrected chi connectivity index (χ3v) is 4.13. The van der Waals surface area contributed by atoms with Crippen LogP contribution in [0.5, 0.6) is 17.2 Å². The summed E-state index contributed by atoms with van der Waals surface area (Å²) in [4.78, 5) is 35.8. The molecule has 1 amide bonds. The molecular formula is C20H20N2O8. The Hall–Kier alpha value is -3.82. The highest BCUT2D eigenvalue weighted by Gasteiger charge is 2.29. The van der Waals surface area contributed by atoms with Crippen LogP contribution in [0.25, 0.3) is 0 Å². The molecule has 0 bridgehead atoms. The Bertz CT molecular complexity index is 929. The molecule has 0 saturated carbocycles. The number of nitro groups is 1. The number of nitrogens with zero attached hydrogens (tertiary/aromatic N) is 2. The van der Waals surface area contributed by atoms with E-state index in [1.807, 2.05) is 6.92 Å². The van der Waals surface area contributed by atoms with Crippen LogP contribution in [-0.4, -0.2) is 49.8 Å². The first-order valence-corrected chi connectivity index (χ1v) is 9.21. The topological polar surface area (TPSA) is 117 Å². The van der Waals surface area contributed by atoms with E-state index >= 15 is 0 Å². The van der Waals surface area contributed by atoms with E-state index in [4.69, 9.17) is 18.9 Å². The SMILES string of the molecule is CCOc1ccc(OCCOC(=O)CN2C(=O)COc3ccc([N+](=O)[O-])cc32)cc1. The van der Waals surface area contributed by atoms with Gasteiger partial charge in [0.25, 0.3) is 11.6 Å². The molecule has 0 saturated heterocycles. The van der Waals surface area contributed by atoms with Gasteiger partial charge in [-0.1, -0.05) is 0 Å². The molecule has 1 aliphatic heterocycles. The highest BCUT2D eigenvalue weighted by Crippen LogP contribution is 2.35. The van der Waals surface area contributed by atoms with Gasteiger partial charge in [0.1, 0.15) is 37.0 Å². The van der Waals surface area contributed by atoms with E-state index in [-0.39, 0.29) is 43.5 Å². The maximum atomic E-state index is 12.2. The predicted molar refractivity (Wildman–Crippen MR) is 105 cm³/mol. The summed E-state index contributed by atoms with van der Waals surface area (Å²) in [6.07, 6.45) is 0. The molecule has 0 radical (unpaired) electrons. The predicted octanol–water partition coefficient (Wildman–Crippen LogP) is 2.34. The van der Waals surface area contributed by atoms with Gasteiger partial charge in [-0.3, -0.25) is 24.6 Å². The number of fused-ring (bicyclic) bond motifs is 1. The fourth-order valence-corrected chi connectivity index (χ4v) is 2.77. The minimum absolute atomic E-state index is 0.0215. The summed E-state index contributed by atoms with van der Waals surface area (Å²) in [5.74, 6) is 0.446. The van der Waals surface area contributed by atoms with Crippen LogP contribution >= 0.6 is 0 Å². The van der Waals surface area contributed by atoms with Crippen LogP contribution in [0.1, 0.15) is 6.92 Å². The number of carbonyl (C=O) groups is 2. The van der Waals surface area contributed by atoms with Crippen LogP contribution < -0.4 is 19.1 Å². The van der Waals surface area contributed by atoms with Crippen molar-refractivity contribution >= 4 is 23.3 Å². The molecule has 0 aromatic heterocycles. The summed E-state index contributed by atoms with van der Waals surface area (Å²) in [6.45, 7) is 1.91. The molecule has 3 rings (SSSR count). The van der Waals surface area contributed by atoms with E-state index in [1.165, 1.54) is 18.2 Å². The zero-order chi connectivity index (χ0) is 21.5. The fourth-order valence-electron chi connectivity index (χ4n) is 2.77. The highest BCUT2D eigenvalue weighted by molar-refractivity contribution is 6.01. The molecule has 10 nitrogen and oxygen atoms in total. The lowest BCUT2D eigenvalue weighted by atomic mass is 10.2. The van der Waals surface area contributed by atoms with Crippen molar-refractivity contribution in [1.29, 1.82) is 0 Å². The quantitative estimate of drug-likeness (QED) is 0.265. The van der Waals surface area contributed by atoms with E-state index in [0.29, 0.717) is 12.4 Å². The summed E-state index contributed by atoms with van der Waals surface area (Å²) >= 11 is 0. The smallest absolute Gasteiger partial charge is 0.326 e. The zero-order valence-corrected chi connectivity index (χ0v) is 16.2. The molecule has 0 aliphatic carbocycles. The standard InChI is InChI=1S/C20H20N2O8/c1-2-27-15-4-6-16(7-5-15)28-9-10-29-20(24)12-21-17-11-14(22(25)26)3-8-18(17)30-13-19(21)23/h3-8,11H,2,9-10,12-13H2,1H3. The maximum Gasteiger partial charge on any atom is 0.326 e. The molecule has 2 aromatic carbocycles. The molecule has 0 atom stereocenters. The van der Waals surface area contributed by atoms with E-state index < -0.39 is 16.8 Å². The number of hydrogen-bond donors (Lipinski definition) is 0. The van der Waals surface area contributed by atoms with E-state index in [0.717, 1.165) is 10.6 Å². The first-order chi connectivity index (χ1) is 14.5. The Morgan fingerprint density at radius 1 is 1.13 bits per heavy atom. The van der Waals surface area contributed by atoms with Gasteiger partial charge in [-0.15, -0.1) is 0 Å². The number of esters is 1. The Morgan fingerprint density at radius 2 is 1.83 bits per heavy atom. The van der Waals surface area contributed by atoms with Crippen LogP contribution in [-0.2, 0) is 14.3 Å². The second-order valence-electron chi connectivity index (χ2n) is 6.15. The van der Waals surface area contributed by atoms with Crippen molar-refractivity contribution < 1.29 is 33.5 Å². The number of nitro benzene ring substituents is 1. The molecule has 0 N–H and O–H groups in total. The Labute approximate surface area is 172 Å². The van der Waals surface area contributed by atoms with Gasteiger partial charge >= 0.3 is 5.97 Å². The molecular weight excluding hydrogens is 396 g/mol. The highest BCUT2D eigenvalue weighted by atomic mass is 16.6.